The summed E-state index contributed by atoms with van der Waals surface area (Å²) in [6.07, 6.45) is 0. The van der Waals surface area contributed by atoms with E-state index in [9.17, 15) is 19.7 Å². The largest absolute Gasteiger partial charge is 0.480 e. The van der Waals surface area contributed by atoms with Crippen molar-refractivity contribution in [2.75, 3.05) is 11.9 Å². The second kappa shape index (κ2) is 5.34. The molecule has 0 saturated carbocycles. The fourth-order valence-electron chi connectivity index (χ4n) is 1.52. The van der Waals surface area contributed by atoms with Gasteiger partial charge in [-0.1, -0.05) is 0 Å². The molecule has 0 aliphatic heterocycles. The highest BCUT2D eigenvalue weighted by molar-refractivity contribution is 6.00. The molecule has 1 unspecified atom stereocenters. The van der Waals surface area contributed by atoms with Crippen LogP contribution >= 0.6 is 0 Å². The average Bonchev–Trinajstić information content (AvgIpc) is 2.35. The molecule has 3 N–H and O–H groups in total. The molecule has 0 aliphatic carbocycles. The topological polar surface area (TPSA) is 127 Å². The number of hydrogen-bond donors (Lipinski definition) is 2. The molecule has 0 fully saturated rings. The van der Waals surface area contributed by atoms with Gasteiger partial charge in [-0.15, -0.1) is 0 Å². The van der Waals surface area contributed by atoms with E-state index in [4.69, 9.17) is 10.8 Å². The first-order valence-electron chi connectivity index (χ1n) is 5.29. The fraction of sp³-hybridized carbons (Fsp3) is 0.273. The minimum Gasteiger partial charge on any atom is -0.480 e. The smallest absolute Gasteiger partial charge is 0.326 e. The Hall–Kier alpha value is -2.64. The summed E-state index contributed by atoms with van der Waals surface area (Å²) in [5.41, 5.74) is 5.02. The van der Waals surface area contributed by atoms with Crippen LogP contribution in [-0.4, -0.2) is 35.0 Å². The quantitative estimate of drug-likeness (QED) is 0.594. The Bertz CT molecular complexity index is 543. The molecule has 1 aromatic rings. The Morgan fingerprint density at radius 1 is 1.47 bits per heavy atom. The lowest BCUT2D eigenvalue weighted by Gasteiger charge is -2.25. The van der Waals surface area contributed by atoms with Gasteiger partial charge in [0.25, 0.3) is 11.6 Å². The maximum Gasteiger partial charge on any atom is 0.326 e. The number of carbonyl (C=O) groups is 2. The predicted molar refractivity (Wildman–Crippen MR) is 67.1 cm³/mol. The molecule has 0 bridgehead atoms. The number of benzene rings is 1. The average molecular weight is 267 g/mol. The van der Waals surface area contributed by atoms with Crippen LogP contribution < -0.4 is 10.6 Å². The molecule has 102 valence electrons. The van der Waals surface area contributed by atoms with Crippen molar-refractivity contribution in [2.45, 2.75) is 13.0 Å². The lowest BCUT2D eigenvalue weighted by Crippen LogP contribution is -2.37. The zero-order valence-corrected chi connectivity index (χ0v) is 10.4. The number of likely N-dealkylation sites (N-methyl/N-ethyl adjacent to an activating group) is 1. The van der Waals surface area contributed by atoms with Crippen LogP contribution in [0.25, 0.3) is 0 Å². The van der Waals surface area contributed by atoms with Crippen molar-refractivity contribution < 1.29 is 19.6 Å². The van der Waals surface area contributed by atoms with Crippen LogP contribution in [0.3, 0.4) is 0 Å². The van der Waals surface area contributed by atoms with Crippen molar-refractivity contribution in [3.8, 4) is 0 Å². The van der Waals surface area contributed by atoms with Crippen LogP contribution in [0.1, 0.15) is 17.3 Å². The Balaban J connectivity index is 3.31. The van der Waals surface area contributed by atoms with E-state index >= 15 is 0 Å². The Morgan fingerprint density at radius 2 is 2.05 bits per heavy atom. The number of carbonyl (C=O) groups excluding carboxylic acids is 1. The second-order valence-corrected chi connectivity index (χ2v) is 3.95. The summed E-state index contributed by atoms with van der Waals surface area (Å²) in [6.45, 7) is 1.43. The van der Waals surface area contributed by atoms with Gasteiger partial charge in [-0.2, -0.15) is 0 Å². The molecule has 8 heteroatoms. The van der Waals surface area contributed by atoms with Gasteiger partial charge in [0, 0.05) is 19.2 Å². The van der Waals surface area contributed by atoms with Gasteiger partial charge in [0.1, 0.15) is 6.04 Å². The van der Waals surface area contributed by atoms with Gasteiger partial charge in [-0.05, 0) is 13.0 Å². The van der Waals surface area contributed by atoms with Gasteiger partial charge >= 0.3 is 5.97 Å². The molecule has 1 aromatic carbocycles. The van der Waals surface area contributed by atoms with E-state index in [1.165, 1.54) is 31.0 Å². The molecule has 0 saturated heterocycles. The summed E-state index contributed by atoms with van der Waals surface area (Å²) in [4.78, 5) is 33.5. The van der Waals surface area contributed by atoms with E-state index in [0.717, 1.165) is 6.07 Å². The Labute approximate surface area is 108 Å². The lowest BCUT2D eigenvalue weighted by molar-refractivity contribution is -0.384. The van der Waals surface area contributed by atoms with E-state index in [2.05, 4.69) is 0 Å². The van der Waals surface area contributed by atoms with E-state index < -0.39 is 22.8 Å². The van der Waals surface area contributed by atoms with Gasteiger partial charge in [-0.3, -0.25) is 14.9 Å². The van der Waals surface area contributed by atoms with Crippen LogP contribution in [-0.2, 0) is 4.79 Å². The highest BCUT2D eigenvalue weighted by atomic mass is 16.6. The number of nitrogens with two attached hydrogens (primary N) is 1. The first-order valence-corrected chi connectivity index (χ1v) is 5.29. The molecule has 8 nitrogen and oxygen atoms in total. The molecule has 0 spiro atoms. The summed E-state index contributed by atoms with van der Waals surface area (Å²) in [5, 5.41) is 19.6. The van der Waals surface area contributed by atoms with Crippen molar-refractivity contribution in [1.29, 1.82) is 0 Å². The summed E-state index contributed by atoms with van der Waals surface area (Å²) in [5.74, 6) is -1.94. The SMILES string of the molecule is CC(C(=O)O)N(C)c1ccc([N+](=O)[O-])cc1C(N)=O. The number of carboxylic acids is 1. The highest BCUT2D eigenvalue weighted by Gasteiger charge is 2.23. The summed E-state index contributed by atoms with van der Waals surface area (Å²) < 4.78 is 0. The monoisotopic (exact) mass is 267 g/mol. The van der Waals surface area contributed by atoms with Gasteiger partial charge in [0.2, 0.25) is 0 Å². The number of nitro groups is 1. The van der Waals surface area contributed by atoms with Crippen molar-refractivity contribution in [3.63, 3.8) is 0 Å². The second-order valence-electron chi connectivity index (χ2n) is 3.95. The van der Waals surface area contributed by atoms with Crippen LogP contribution in [0.4, 0.5) is 11.4 Å². The molecular weight excluding hydrogens is 254 g/mol. The summed E-state index contributed by atoms with van der Waals surface area (Å²) in [6, 6.07) is 2.62. The number of carboxylic acid groups (broad SMARTS) is 1. The highest BCUT2D eigenvalue weighted by Crippen LogP contribution is 2.25. The zero-order valence-electron chi connectivity index (χ0n) is 10.4. The Kier molecular flexibility index (Phi) is 4.05. The van der Waals surface area contributed by atoms with Crippen LogP contribution in [0.5, 0.6) is 0 Å². The fourth-order valence-corrected chi connectivity index (χ4v) is 1.52. The standard InChI is InChI=1S/C11H13N3O5/c1-6(11(16)17)13(2)9-4-3-7(14(18)19)5-8(9)10(12)15/h3-6H,1-2H3,(H2,12,15)(H,16,17). The number of rotatable bonds is 5. The van der Waals surface area contributed by atoms with E-state index in [1.54, 1.807) is 0 Å². The van der Waals surface area contributed by atoms with Gasteiger partial charge < -0.3 is 15.7 Å². The molecular formula is C11H13N3O5. The van der Waals surface area contributed by atoms with Crippen molar-refractivity contribution >= 4 is 23.3 Å². The Morgan fingerprint density at radius 3 is 2.47 bits per heavy atom. The number of hydrogen-bond acceptors (Lipinski definition) is 5. The number of nitro benzene ring substituents is 1. The number of non-ortho nitro benzene ring substituents is 1. The maximum atomic E-state index is 11.3. The van der Waals surface area contributed by atoms with Crippen LogP contribution in [0.2, 0.25) is 0 Å². The van der Waals surface area contributed by atoms with E-state index in [0.29, 0.717) is 0 Å². The van der Waals surface area contributed by atoms with Gasteiger partial charge in [-0.25, -0.2) is 4.79 Å². The molecule has 19 heavy (non-hydrogen) atoms. The molecule has 1 rings (SSSR count). The van der Waals surface area contributed by atoms with Crippen molar-refractivity contribution in [3.05, 3.63) is 33.9 Å². The lowest BCUT2D eigenvalue weighted by atomic mass is 10.1. The third-order valence-corrected chi connectivity index (χ3v) is 2.77. The minimum atomic E-state index is -1.09. The number of primary amides is 1. The van der Waals surface area contributed by atoms with Crippen molar-refractivity contribution in [1.82, 2.24) is 0 Å². The number of anilines is 1. The predicted octanol–water partition coefficient (Wildman–Crippen LogP) is 0.603. The maximum absolute atomic E-state index is 11.3. The number of aliphatic carboxylic acids is 1. The minimum absolute atomic E-state index is 0.0928. The van der Waals surface area contributed by atoms with Crippen LogP contribution in [0, 0.1) is 10.1 Å². The summed E-state index contributed by atoms with van der Waals surface area (Å²) in [7, 11) is 1.46. The zero-order chi connectivity index (χ0) is 14.7. The molecule has 1 amide bonds. The first-order chi connectivity index (χ1) is 8.75. The normalized spacial score (nSPS) is 11.7. The van der Waals surface area contributed by atoms with E-state index in [-0.39, 0.29) is 16.9 Å². The third kappa shape index (κ3) is 2.97. The molecule has 0 radical (unpaired) electrons. The number of nitrogens with zero attached hydrogens (tertiary/aromatic N) is 2. The van der Waals surface area contributed by atoms with E-state index in [1.807, 2.05) is 0 Å². The number of amides is 1. The summed E-state index contributed by atoms with van der Waals surface area (Å²) >= 11 is 0. The first kappa shape index (κ1) is 14.4. The van der Waals surface area contributed by atoms with Gasteiger partial charge in [0.05, 0.1) is 16.2 Å². The van der Waals surface area contributed by atoms with Crippen molar-refractivity contribution in [2.24, 2.45) is 5.73 Å². The molecule has 1 atom stereocenters. The van der Waals surface area contributed by atoms with Crippen LogP contribution in [0.15, 0.2) is 18.2 Å². The molecule has 0 aliphatic rings. The third-order valence-electron chi connectivity index (χ3n) is 2.77. The van der Waals surface area contributed by atoms with Gasteiger partial charge in [0.15, 0.2) is 0 Å². The molecule has 0 heterocycles. The molecule has 0 aromatic heterocycles.